The topological polar surface area (TPSA) is 15.7 Å². The fourth-order valence-corrected chi connectivity index (χ4v) is 3.33. The Morgan fingerprint density at radius 1 is 0.828 bits per heavy atom. The molecule has 0 aromatic heterocycles. The maximum atomic E-state index is 13.4. The average molecular weight is 504 g/mol. The SMILES string of the molecule is COc1ccc(N2[13CH-]N(C)C(c3ccc(F)cc3)=C2c2ccccc2)cc1.[Cl][Ag]. The number of anilines is 1. The zero-order valence-corrected chi connectivity index (χ0v) is 18.2. The van der Waals surface area contributed by atoms with Gasteiger partial charge in [-0.1, -0.05) is 42.5 Å². The van der Waals surface area contributed by atoms with Crippen LogP contribution in [0.5, 0.6) is 5.75 Å². The van der Waals surface area contributed by atoms with E-state index in [0.29, 0.717) is 0 Å². The molecular weight excluding hydrogens is 484 g/mol. The van der Waals surface area contributed by atoms with Gasteiger partial charge in [-0.2, -0.15) is 0 Å². The molecule has 154 valence electrons. The number of benzene rings is 3. The molecule has 0 spiro atoms. The fourth-order valence-electron chi connectivity index (χ4n) is 3.33. The minimum atomic E-state index is -0.239. The Labute approximate surface area is 187 Å². The molecule has 3 aromatic rings. The summed E-state index contributed by atoms with van der Waals surface area (Å²) in [6.45, 7) is 2.04. The van der Waals surface area contributed by atoms with Crippen molar-refractivity contribution in [2.75, 3.05) is 19.1 Å². The quantitative estimate of drug-likeness (QED) is 0.250. The van der Waals surface area contributed by atoms with Crippen molar-refractivity contribution in [2.45, 2.75) is 0 Å². The van der Waals surface area contributed by atoms with Crippen molar-refractivity contribution < 1.29 is 29.1 Å². The van der Waals surface area contributed by atoms with Crippen molar-refractivity contribution in [2.24, 2.45) is 0 Å². The summed E-state index contributed by atoms with van der Waals surface area (Å²) in [7, 11) is 8.11. The third-order valence-corrected chi connectivity index (χ3v) is 4.62. The molecule has 0 atom stereocenters. The molecule has 0 amide bonds. The molecule has 3 aromatic carbocycles. The Balaban J connectivity index is 0.00000117. The first-order valence-electron chi connectivity index (χ1n) is 8.85. The van der Waals surface area contributed by atoms with Crippen molar-refractivity contribution in [1.82, 2.24) is 4.90 Å². The van der Waals surface area contributed by atoms with E-state index in [0.717, 1.165) is 34.0 Å². The van der Waals surface area contributed by atoms with Crippen LogP contribution in [-0.4, -0.2) is 19.1 Å². The van der Waals surface area contributed by atoms with Crippen molar-refractivity contribution in [3.8, 4) is 5.75 Å². The van der Waals surface area contributed by atoms with Gasteiger partial charge in [0.25, 0.3) is 0 Å². The van der Waals surface area contributed by atoms with Crippen molar-refractivity contribution >= 4 is 26.3 Å². The Morgan fingerprint density at radius 3 is 2.00 bits per heavy atom. The predicted octanol–water partition coefficient (Wildman–Crippen LogP) is 5.92. The van der Waals surface area contributed by atoms with Crippen LogP contribution in [0.15, 0.2) is 78.9 Å². The number of hydrogen-bond acceptors (Lipinski definition) is 3. The molecule has 6 heteroatoms. The number of rotatable bonds is 4. The molecular formula is C23H20AgClFN2O-. The zero-order chi connectivity index (χ0) is 20.8. The van der Waals surface area contributed by atoms with Gasteiger partial charge in [0.15, 0.2) is 0 Å². The molecule has 4 rings (SSSR count). The van der Waals surface area contributed by atoms with Gasteiger partial charge in [0.1, 0.15) is 11.6 Å². The van der Waals surface area contributed by atoms with Gasteiger partial charge in [-0.3, -0.25) is 0 Å². The number of methoxy groups -OCH3 is 1. The van der Waals surface area contributed by atoms with E-state index in [-0.39, 0.29) is 5.82 Å². The van der Waals surface area contributed by atoms with E-state index in [9.17, 15) is 4.39 Å². The normalized spacial score (nSPS) is 13.3. The second kappa shape index (κ2) is 9.99. The van der Waals surface area contributed by atoms with Gasteiger partial charge < -0.3 is 14.5 Å². The van der Waals surface area contributed by atoms with E-state index in [1.54, 1.807) is 7.11 Å². The summed E-state index contributed by atoms with van der Waals surface area (Å²) in [4.78, 5) is 4.22. The van der Waals surface area contributed by atoms with Crippen LogP contribution in [0, 0.1) is 12.5 Å². The zero-order valence-electron chi connectivity index (χ0n) is 15.9. The molecule has 0 saturated carbocycles. The standard InChI is InChI=1S/C23H20FN2O.Ag.ClH/c1-25-16-26(20-12-14-21(27-2)15-13-20)23(17-6-4-3-5-7-17)22(25)18-8-10-19(24)11-9-18;;/h3-16H,1-2H3;;1H/q-1;+1;/p-1/i16+1;;. The van der Waals surface area contributed by atoms with Gasteiger partial charge in [-0.05, 0) is 54.6 Å². The van der Waals surface area contributed by atoms with Crippen LogP contribution >= 0.6 is 9.19 Å². The Kier molecular flexibility index (Phi) is 7.40. The molecule has 1 aliphatic heterocycles. The van der Waals surface area contributed by atoms with Crippen LogP contribution in [0.25, 0.3) is 11.4 Å². The summed E-state index contributed by atoms with van der Waals surface area (Å²) < 4.78 is 18.7. The molecule has 29 heavy (non-hydrogen) atoms. The Bertz CT molecular complexity index is 962. The van der Waals surface area contributed by atoms with Crippen LogP contribution in [0.2, 0.25) is 0 Å². The van der Waals surface area contributed by atoms with Gasteiger partial charge >= 0.3 is 29.2 Å². The summed E-state index contributed by atoms with van der Waals surface area (Å²) in [5.74, 6) is 0.576. The second-order valence-corrected chi connectivity index (χ2v) is 6.36. The molecule has 3 nitrogen and oxygen atoms in total. The number of nitrogens with zero attached hydrogens (tertiary/aromatic N) is 2. The molecule has 0 unspecified atom stereocenters. The van der Waals surface area contributed by atoms with Gasteiger partial charge in [0, 0.05) is 17.1 Å². The first-order valence-corrected chi connectivity index (χ1v) is 10.8. The summed E-state index contributed by atoms with van der Waals surface area (Å²) in [5, 5.41) is 0. The summed E-state index contributed by atoms with van der Waals surface area (Å²) in [6, 6.07) is 24.8. The minimum absolute atomic E-state index is 0.239. The molecule has 0 fully saturated rings. The molecule has 0 aliphatic carbocycles. The summed E-state index contributed by atoms with van der Waals surface area (Å²) in [5.41, 5.74) is 5.16. The van der Waals surface area contributed by atoms with Crippen LogP contribution in [-0.2, 0) is 20.0 Å². The van der Waals surface area contributed by atoms with E-state index < -0.39 is 0 Å². The molecule has 0 radical (unpaired) electrons. The molecule has 0 bridgehead atoms. The van der Waals surface area contributed by atoms with Crippen molar-refractivity contribution in [3.63, 3.8) is 0 Å². The molecule has 0 saturated heterocycles. The van der Waals surface area contributed by atoms with Gasteiger partial charge in [-0.15, -0.1) is 6.67 Å². The van der Waals surface area contributed by atoms with E-state index >= 15 is 0 Å². The van der Waals surface area contributed by atoms with Gasteiger partial charge in [0.2, 0.25) is 0 Å². The number of ether oxygens (including phenoxy) is 1. The summed E-state index contributed by atoms with van der Waals surface area (Å²) in [6.07, 6.45) is 0. The van der Waals surface area contributed by atoms with Crippen LogP contribution < -0.4 is 9.64 Å². The number of hydrogen-bond donors (Lipinski definition) is 0. The summed E-state index contributed by atoms with van der Waals surface area (Å²) >= 11 is 2.42. The van der Waals surface area contributed by atoms with E-state index in [4.69, 9.17) is 4.74 Å². The first-order chi connectivity index (χ1) is 14.2. The first kappa shape index (κ1) is 21.5. The third-order valence-electron chi connectivity index (χ3n) is 4.62. The molecule has 0 N–H and O–H groups in total. The van der Waals surface area contributed by atoms with Crippen molar-refractivity contribution in [3.05, 3.63) is 102 Å². The van der Waals surface area contributed by atoms with Gasteiger partial charge in [-0.25, -0.2) is 4.39 Å². The van der Waals surface area contributed by atoms with E-state index in [1.807, 2.05) is 68.3 Å². The molecule has 1 heterocycles. The maximum absolute atomic E-state index is 13.4. The monoisotopic (exact) mass is 502 g/mol. The van der Waals surface area contributed by atoms with Crippen molar-refractivity contribution in [1.29, 1.82) is 0 Å². The van der Waals surface area contributed by atoms with Crippen LogP contribution in [0.4, 0.5) is 10.1 Å². The van der Waals surface area contributed by atoms with E-state index in [1.165, 1.54) is 12.1 Å². The predicted molar refractivity (Wildman–Crippen MR) is 113 cm³/mol. The fraction of sp³-hybridized carbons (Fsp3) is 0.0870. The van der Waals surface area contributed by atoms with Crippen LogP contribution in [0.3, 0.4) is 0 Å². The molecule has 1 aliphatic rings. The number of halogens is 2. The Morgan fingerprint density at radius 2 is 1.41 bits per heavy atom. The van der Waals surface area contributed by atoms with Crippen LogP contribution in [0.1, 0.15) is 11.1 Å². The second-order valence-electron chi connectivity index (χ2n) is 6.36. The van der Waals surface area contributed by atoms with E-state index in [2.05, 4.69) is 51.1 Å². The third kappa shape index (κ3) is 4.68. The Hall–Kier alpha value is -2.24. The average Bonchev–Trinajstić information content (AvgIpc) is 3.13. The van der Waals surface area contributed by atoms with Gasteiger partial charge in [0.05, 0.1) is 7.11 Å².